The van der Waals surface area contributed by atoms with Crippen molar-refractivity contribution in [2.24, 2.45) is 5.92 Å². The van der Waals surface area contributed by atoms with Crippen LogP contribution in [0.2, 0.25) is 5.15 Å². The van der Waals surface area contributed by atoms with Crippen LogP contribution in [-0.4, -0.2) is 29.0 Å². The van der Waals surface area contributed by atoms with Crippen LogP contribution in [0, 0.1) is 5.92 Å². The van der Waals surface area contributed by atoms with E-state index in [1.807, 2.05) is 30.3 Å². The van der Waals surface area contributed by atoms with Gasteiger partial charge < -0.3 is 16.0 Å². The molecule has 2 aromatic rings. The van der Waals surface area contributed by atoms with E-state index in [-0.39, 0.29) is 17.8 Å². The Morgan fingerprint density at radius 2 is 1.96 bits per heavy atom. The van der Waals surface area contributed by atoms with Crippen LogP contribution in [0.4, 0.5) is 11.8 Å². The minimum absolute atomic E-state index is 0.0274. The van der Waals surface area contributed by atoms with E-state index in [4.69, 9.17) is 17.3 Å². The molecule has 2 heterocycles. The first kappa shape index (κ1) is 16.5. The van der Waals surface area contributed by atoms with E-state index < -0.39 is 0 Å². The largest absolute Gasteiger partial charge is 0.368 e. The second kappa shape index (κ2) is 7.49. The lowest BCUT2D eigenvalue weighted by Gasteiger charge is -2.32. The number of nitrogens with two attached hydrogens (primary N) is 1. The molecular weight excluding hydrogens is 326 g/mol. The molecule has 1 saturated heterocycles. The van der Waals surface area contributed by atoms with Gasteiger partial charge >= 0.3 is 0 Å². The Morgan fingerprint density at radius 1 is 1.25 bits per heavy atom. The predicted molar refractivity (Wildman–Crippen MR) is 94.7 cm³/mol. The third-order valence-electron chi connectivity index (χ3n) is 4.20. The maximum Gasteiger partial charge on any atom is 0.223 e. The summed E-state index contributed by atoms with van der Waals surface area (Å²) in [4.78, 5) is 22.5. The highest BCUT2D eigenvalue weighted by Crippen LogP contribution is 2.24. The highest BCUT2D eigenvalue weighted by atomic mass is 35.5. The Bertz CT molecular complexity index is 681. The Hall–Kier alpha value is -2.34. The molecule has 3 N–H and O–H groups in total. The number of halogens is 1. The number of amides is 1. The Morgan fingerprint density at radius 3 is 2.62 bits per heavy atom. The van der Waals surface area contributed by atoms with E-state index in [0.717, 1.165) is 37.3 Å². The molecule has 1 aromatic carbocycles. The molecule has 1 fully saturated rings. The maximum absolute atomic E-state index is 12.3. The van der Waals surface area contributed by atoms with Crippen molar-refractivity contribution in [3.63, 3.8) is 0 Å². The normalized spacial score (nSPS) is 15.3. The molecule has 7 heteroatoms. The molecule has 1 aliphatic rings. The molecule has 0 radical (unpaired) electrons. The molecule has 1 aliphatic heterocycles. The second-order valence-electron chi connectivity index (χ2n) is 5.87. The zero-order valence-corrected chi connectivity index (χ0v) is 14.0. The third-order valence-corrected chi connectivity index (χ3v) is 4.39. The average Bonchev–Trinajstić information content (AvgIpc) is 2.60. The van der Waals surface area contributed by atoms with Crippen molar-refractivity contribution < 1.29 is 4.79 Å². The number of hydrogen-bond acceptors (Lipinski definition) is 5. The molecule has 1 aromatic heterocycles. The van der Waals surface area contributed by atoms with Gasteiger partial charge in [-0.25, -0.2) is 4.98 Å². The maximum atomic E-state index is 12.3. The summed E-state index contributed by atoms with van der Waals surface area (Å²) in [6.45, 7) is 2.06. The van der Waals surface area contributed by atoms with Crippen molar-refractivity contribution in [3.05, 3.63) is 47.1 Å². The van der Waals surface area contributed by atoms with Crippen LogP contribution in [0.15, 0.2) is 36.4 Å². The molecule has 0 saturated carbocycles. The first-order chi connectivity index (χ1) is 11.6. The summed E-state index contributed by atoms with van der Waals surface area (Å²) in [5, 5.41) is 3.35. The molecular formula is C17H20ClN5O. The van der Waals surface area contributed by atoms with E-state index in [0.29, 0.717) is 11.7 Å². The Balaban J connectivity index is 1.52. The van der Waals surface area contributed by atoms with E-state index in [1.165, 1.54) is 0 Å². The summed E-state index contributed by atoms with van der Waals surface area (Å²) in [5.41, 5.74) is 6.74. The molecule has 1 amide bonds. The van der Waals surface area contributed by atoms with Crippen LogP contribution in [-0.2, 0) is 11.3 Å². The van der Waals surface area contributed by atoms with Crippen LogP contribution >= 0.6 is 11.6 Å². The molecule has 0 atom stereocenters. The fraction of sp³-hybridized carbons (Fsp3) is 0.353. The van der Waals surface area contributed by atoms with Gasteiger partial charge in [-0.1, -0.05) is 41.9 Å². The highest BCUT2D eigenvalue weighted by molar-refractivity contribution is 6.29. The summed E-state index contributed by atoms with van der Waals surface area (Å²) in [6.07, 6.45) is 1.56. The van der Waals surface area contributed by atoms with Crippen LogP contribution in [0.3, 0.4) is 0 Å². The lowest BCUT2D eigenvalue weighted by Crippen LogP contribution is -2.40. The van der Waals surface area contributed by atoms with Crippen molar-refractivity contribution in [1.82, 2.24) is 15.3 Å². The average molecular weight is 346 g/mol. The van der Waals surface area contributed by atoms with Gasteiger partial charge in [0.15, 0.2) is 0 Å². The molecule has 126 valence electrons. The van der Waals surface area contributed by atoms with Crippen LogP contribution in [0.25, 0.3) is 0 Å². The van der Waals surface area contributed by atoms with Gasteiger partial charge in [-0.05, 0) is 18.4 Å². The monoisotopic (exact) mass is 345 g/mol. The molecule has 0 spiro atoms. The number of piperidine rings is 1. The number of anilines is 2. The SMILES string of the molecule is Nc1nc(Cl)cc(N2CCC(C(=O)NCc3ccccc3)CC2)n1. The van der Waals surface area contributed by atoms with E-state index in [2.05, 4.69) is 20.2 Å². The standard InChI is InChI=1S/C17H20ClN5O/c18-14-10-15(22-17(19)21-14)23-8-6-13(7-9-23)16(24)20-11-12-4-2-1-3-5-12/h1-5,10,13H,6-9,11H2,(H,20,24)(H2,19,21,22). The summed E-state index contributed by atoms with van der Waals surface area (Å²) in [5.74, 6) is 1.02. The summed E-state index contributed by atoms with van der Waals surface area (Å²) in [6, 6.07) is 11.6. The Kier molecular flexibility index (Phi) is 5.15. The lowest BCUT2D eigenvalue weighted by atomic mass is 9.96. The predicted octanol–water partition coefficient (Wildman–Crippen LogP) is 2.25. The number of benzene rings is 1. The minimum atomic E-state index is 0.0274. The Labute approximate surface area is 146 Å². The highest BCUT2D eigenvalue weighted by Gasteiger charge is 2.25. The van der Waals surface area contributed by atoms with E-state index in [9.17, 15) is 4.79 Å². The zero-order valence-electron chi connectivity index (χ0n) is 13.3. The molecule has 6 nitrogen and oxygen atoms in total. The molecule has 0 bridgehead atoms. The number of nitrogens with one attached hydrogen (secondary N) is 1. The van der Waals surface area contributed by atoms with Crippen molar-refractivity contribution in [2.45, 2.75) is 19.4 Å². The smallest absolute Gasteiger partial charge is 0.223 e. The number of rotatable bonds is 4. The van der Waals surface area contributed by atoms with Gasteiger partial charge in [0.1, 0.15) is 11.0 Å². The van der Waals surface area contributed by atoms with Crippen molar-refractivity contribution in [1.29, 1.82) is 0 Å². The molecule has 3 rings (SSSR count). The van der Waals surface area contributed by atoms with Crippen molar-refractivity contribution in [2.75, 3.05) is 23.7 Å². The fourth-order valence-corrected chi connectivity index (χ4v) is 3.07. The summed E-state index contributed by atoms with van der Waals surface area (Å²) in [7, 11) is 0. The van der Waals surface area contributed by atoms with E-state index >= 15 is 0 Å². The molecule has 24 heavy (non-hydrogen) atoms. The topological polar surface area (TPSA) is 84.1 Å². The number of carbonyl (C=O) groups is 1. The zero-order chi connectivity index (χ0) is 16.9. The van der Waals surface area contributed by atoms with Crippen molar-refractivity contribution >= 4 is 29.3 Å². The van der Waals surface area contributed by atoms with Gasteiger partial charge in [-0.3, -0.25) is 4.79 Å². The van der Waals surface area contributed by atoms with Gasteiger partial charge in [0.25, 0.3) is 0 Å². The van der Waals surface area contributed by atoms with Crippen LogP contribution in [0.1, 0.15) is 18.4 Å². The first-order valence-corrected chi connectivity index (χ1v) is 8.36. The van der Waals surface area contributed by atoms with Gasteiger partial charge in [0.05, 0.1) is 0 Å². The van der Waals surface area contributed by atoms with Gasteiger partial charge in [-0.15, -0.1) is 0 Å². The molecule has 0 unspecified atom stereocenters. The number of aromatic nitrogens is 2. The second-order valence-corrected chi connectivity index (χ2v) is 6.26. The quantitative estimate of drug-likeness (QED) is 0.830. The number of nitrogen functional groups attached to an aromatic ring is 1. The lowest BCUT2D eigenvalue weighted by molar-refractivity contribution is -0.125. The summed E-state index contributed by atoms with van der Waals surface area (Å²) < 4.78 is 0. The minimum Gasteiger partial charge on any atom is -0.368 e. The first-order valence-electron chi connectivity index (χ1n) is 7.98. The fourth-order valence-electron chi connectivity index (χ4n) is 2.89. The summed E-state index contributed by atoms with van der Waals surface area (Å²) >= 11 is 5.93. The number of nitrogens with zero attached hydrogens (tertiary/aromatic N) is 3. The molecule has 0 aliphatic carbocycles. The van der Waals surface area contributed by atoms with Crippen molar-refractivity contribution in [3.8, 4) is 0 Å². The van der Waals surface area contributed by atoms with Gasteiger partial charge in [0, 0.05) is 31.6 Å². The van der Waals surface area contributed by atoms with Crippen LogP contribution in [0.5, 0.6) is 0 Å². The number of hydrogen-bond donors (Lipinski definition) is 2. The van der Waals surface area contributed by atoms with Crippen LogP contribution < -0.4 is 16.0 Å². The van der Waals surface area contributed by atoms with Gasteiger partial charge in [0.2, 0.25) is 11.9 Å². The van der Waals surface area contributed by atoms with E-state index in [1.54, 1.807) is 6.07 Å². The van der Waals surface area contributed by atoms with Gasteiger partial charge in [-0.2, -0.15) is 4.98 Å². The number of carbonyl (C=O) groups excluding carboxylic acids is 1. The third kappa shape index (κ3) is 4.14.